The summed E-state index contributed by atoms with van der Waals surface area (Å²) in [5, 5.41) is 9.51. The Morgan fingerprint density at radius 3 is 2.19 bits per heavy atom. The summed E-state index contributed by atoms with van der Waals surface area (Å²) in [6.45, 7) is 3.58. The van der Waals surface area contributed by atoms with Gasteiger partial charge in [0, 0.05) is 5.56 Å². The number of benzene rings is 1. The van der Waals surface area contributed by atoms with Crippen LogP contribution in [0.4, 0.5) is 0 Å². The van der Waals surface area contributed by atoms with E-state index >= 15 is 0 Å². The third-order valence-electron chi connectivity index (χ3n) is 2.63. The third-order valence-corrected chi connectivity index (χ3v) is 2.63. The molecule has 0 aromatic heterocycles. The molecule has 4 nitrogen and oxygen atoms in total. The van der Waals surface area contributed by atoms with E-state index in [2.05, 4.69) is 0 Å². The molecule has 0 aliphatic heterocycles. The average Bonchev–Trinajstić information content (AvgIpc) is 2.27. The maximum absolute atomic E-state index is 9.51. The highest BCUT2D eigenvalue weighted by molar-refractivity contribution is 5.47. The van der Waals surface area contributed by atoms with Crippen LogP contribution in [0.5, 0.6) is 11.5 Å². The Balaban J connectivity index is 3.24. The summed E-state index contributed by atoms with van der Waals surface area (Å²) in [6.07, 6.45) is -0.638. The van der Waals surface area contributed by atoms with Crippen LogP contribution in [-0.2, 0) is 0 Å². The lowest BCUT2D eigenvalue weighted by Gasteiger charge is -2.20. The Hall–Kier alpha value is -1.26. The molecule has 2 atom stereocenters. The molecule has 1 aromatic carbocycles. The number of aryl methyl sites for hydroxylation is 1. The smallest absolute Gasteiger partial charge is 0.124 e. The zero-order valence-corrected chi connectivity index (χ0v) is 10.2. The zero-order valence-electron chi connectivity index (χ0n) is 10.2. The summed E-state index contributed by atoms with van der Waals surface area (Å²) in [7, 11) is 3.19. The first-order chi connectivity index (χ1) is 7.51. The third kappa shape index (κ3) is 2.46. The second kappa shape index (κ2) is 5.18. The molecule has 0 saturated carbocycles. The highest BCUT2D eigenvalue weighted by atomic mass is 16.5. The molecular formula is C12H19NO3. The van der Waals surface area contributed by atoms with E-state index in [0.29, 0.717) is 5.75 Å². The number of aliphatic hydroxyl groups is 1. The van der Waals surface area contributed by atoms with Crippen molar-refractivity contribution in [2.45, 2.75) is 26.0 Å². The SMILES string of the molecule is COc1cc(C(N)C(C)O)c(OC)cc1C. The van der Waals surface area contributed by atoms with Crippen molar-refractivity contribution < 1.29 is 14.6 Å². The molecule has 0 amide bonds. The number of nitrogens with two attached hydrogens (primary N) is 1. The number of hydrogen-bond acceptors (Lipinski definition) is 4. The number of aliphatic hydroxyl groups excluding tert-OH is 1. The van der Waals surface area contributed by atoms with Crippen molar-refractivity contribution in [1.29, 1.82) is 0 Å². The van der Waals surface area contributed by atoms with Gasteiger partial charge in [-0.25, -0.2) is 0 Å². The Bertz CT molecular complexity index is 364. The molecule has 0 spiro atoms. The number of methoxy groups -OCH3 is 2. The minimum atomic E-state index is -0.638. The van der Waals surface area contributed by atoms with Gasteiger partial charge in [-0.3, -0.25) is 0 Å². The minimum Gasteiger partial charge on any atom is -0.496 e. The molecule has 0 aliphatic rings. The van der Waals surface area contributed by atoms with Crippen LogP contribution in [0.3, 0.4) is 0 Å². The summed E-state index contributed by atoms with van der Waals surface area (Å²) in [5.41, 5.74) is 7.63. The molecule has 1 rings (SSSR count). The lowest BCUT2D eigenvalue weighted by Crippen LogP contribution is -2.23. The van der Waals surface area contributed by atoms with Gasteiger partial charge in [-0.05, 0) is 31.5 Å². The lowest BCUT2D eigenvalue weighted by molar-refractivity contribution is 0.162. The van der Waals surface area contributed by atoms with E-state index in [0.717, 1.165) is 16.9 Å². The normalized spacial score (nSPS) is 14.4. The Kier molecular flexibility index (Phi) is 4.15. The lowest BCUT2D eigenvalue weighted by atomic mass is 10.00. The molecule has 0 saturated heterocycles. The van der Waals surface area contributed by atoms with E-state index in [1.165, 1.54) is 0 Å². The molecule has 90 valence electrons. The Morgan fingerprint density at radius 1 is 1.19 bits per heavy atom. The quantitative estimate of drug-likeness (QED) is 0.812. The molecular weight excluding hydrogens is 206 g/mol. The van der Waals surface area contributed by atoms with E-state index < -0.39 is 12.1 Å². The van der Waals surface area contributed by atoms with Gasteiger partial charge in [0.1, 0.15) is 11.5 Å². The zero-order chi connectivity index (χ0) is 12.3. The first-order valence-electron chi connectivity index (χ1n) is 5.17. The maximum Gasteiger partial charge on any atom is 0.124 e. The van der Waals surface area contributed by atoms with Crippen molar-refractivity contribution in [1.82, 2.24) is 0 Å². The van der Waals surface area contributed by atoms with Gasteiger partial charge in [-0.2, -0.15) is 0 Å². The maximum atomic E-state index is 9.51. The van der Waals surface area contributed by atoms with Crippen LogP contribution >= 0.6 is 0 Å². The van der Waals surface area contributed by atoms with Gasteiger partial charge in [0.2, 0.25) is 0 Å². The van der Waals surface area contributed by atoms with Gasteiger partial charge in [0.05, 0.1) is 26.4 Å². The monoisotopic (exact) mass is 225 g/mol. The van der Waals surface area contributed by atoms with Crippen LogP contribution in [0.2, 0.25) is 0 Å². The Labute approximate surface area is 96.0 Å². The fraction of sp³-hybridized carbons (Fsp3) is 0.500. The second-order valence-electron chi connectivity index (χ2n) is 3.83. The topological polar surface area (TPSA) is 64.7 Å². The average molecular weight is 225 g/mol. The largest absolute Gasteiger partial charge is 0.496 e. The van der Waals surface area contributed by atoms with E-state index in [4.69, 9.17) is 15.2 Å². The number of hydrogen-bond donors (Lipinski definition) is 2. The van der Waals surface area contributed by atoms with E-state index in [1.807, 2.05) is 19.1 Å². The van der Waals surface area contributed by atoms with E-state index in [-0.39, 0.29) is 0 Å². The molecule has 0 aliphatic carbocycles. The molecule has 0 bridgehead atoms. The summed E-state index contributed by atoms with van der Waals surface area (Å²) >= 11 is 0. The first-order valence-corrected chi connectivity index (χ1v) is 5.17. The second-order valence-corrected chi connectivity index (χ2v) is 3.83. The number of ether oxygens (including phenoxy) is 2. The molecule has 0 radical (unpaired) electrons. The van der Waals surface area contributed by atoms with Crippen molar-refractivity contribution in [3.05, 3.63) is 23.3 Å². The Morgan fingerprint density at radius 2 is 1.75 bits per heavy atom. The van der Waals surface area contributed by atoms with Crippen molar-refractivity contribution in [2.75, 3.05) is 14.2 Å². The van der Waals surface area contributed by atoms with Gasteiger partial charge in [-0.15, -0.1) is 0 Å². The van der Waals surface area contributed by atoms with Crippen LogP contribution < -0.4 is 15.2 Å². The first kappa shape index (κ1) is 12.8. The van der Waals surface area contributed by atoms with Crippen LogP contribution in [0.25, 0.3) is 0 Å². The van der Waals surface area contributed by atoms with Crippen LogP contribution in [0.15, 0.2) is 12.1 Å². The summed E-state index contributed by atoms with van der Waals surface area (Å²) in [5.74, 6) is 1.42. The van der Waals surface area contributed by atoms with Crippen molar-refractivity contribution in [3.63, 3.8) is 0 Å². The summed E-state index contributed by atoms with van der Waals surface area (Å²) in [4.78, 5) is 0. The highest BCUT2D eigenvalue weighted by Gasteiger charge is 2.18. The van der Waals surface area contributed by atoms with Crippen molar-refractivity contribution >= 4 is 0 Å². The van der Waals surface area contributed by atoms with Crippen LogP contribution in [-0.4, -0.2) is 25.4 Å². The van der Waals surface area contributed by atoms with E-state index in [1.54, 1.807) is 21.1 Å². The molecule has 0 heterocycles. The number of rotatable bonds is 4. The van der Waals surface area contributed by atoms with Gasteiger partial charge in [0.25, 0.3) is 0 Å². The molecule has 0 fully saturated rings. The molecule has 2 unspecified atom stereocenters. The molecule has 16 heavy (non-hydrogen) atoms. The van der Waals surface area contributed by atoms with Gasteiger partial charge in [0.15, 0.2) is 0 Å². The summed E-state index contributed by atoms with van der Waals surface area (Å²) in [6, 6.07) is 3.19. The fourth-order valence-corrected chi connectivity index (χ4v) is 1.59. The van der Waals surface area contributed by atoms with Gasteiger partial charge in [-0.1, -0.05) is 0 Å². The predicted molar refractivity (Wildman–Crippen MR) is 62.9 cm³/mol. The van der Waals surface area contributed by atoms with E-state index in [9.17, 15) is 5.11 Å². The fourth-order valence-electron chi connectivity index (χ4n) is 1.59. The van der Waals surface area contributed by atoms with Crippen molar-refractivity contribution in [3.8, 4) is 11.5 Å². The predicted octanol–water partition coefficient (Wildman–Crippen LogP) is 1.39. The van der Waals surface area contributed by atoms with Gasteiger partial charge < -0.3 is 20.3 Å². The van der Waals surface area contributed by atoms with Crippen LogP contribution in [0.1, 0.15) is 24.1 Å². The molecule has 4 heteroatoms. The highest BCUT2D eigenvalue weighted by Crippen LogP contribution is 2.32. The van der Waals surface area contributed by atoms with Gasteiger partial charge >= 0.3 is 0 Å². The summed E-state index contributed by atoms with van der Waals surface area (Å²) < 4.78 is 10.5. The van der Waals surface area contributed by atoms with Crippen molar-refractivity contribution in [2.24, 2.45) is 5.73 Å². The molecule has 1 aromatic rings. The standard InChI is InChI=1S/C12H19NO3/c1-7-5-11(16-4)9(6-10(7)15-3)12(13)8(2)14/h5-6,8,12,14H,13H2,1-4H3. The van der Waals surface area contributed by atoms with Crippen LogP contribution in [0, 0.1) is 6.92 Å². The minimum absolute atomic E-state index is 0.482. The molecule has 3 N–H and O–H groups in total.